The van der Waals surface area contributed by atoms with Crippen molar-refractivity contribution in [1.29, 1.82) is 10.7 Å². The lowest BCUT2D eigenvalue weighted by molar-refractivity contribution is 0.413. The van der Waals surface area contributed by atoms with Crippen molar-refractivity contribution >= 4 is 40.4 Å². The molecule has 9 heteroatoms. The van der Waals surface area contributed by atoms with Crippen LogP contribution in [0.5, 0.6) is 5.75 Å². The number of H-pyrrole nitrogens is 1. The molecule has 1 aromatic carbocycles. The molecule has 33 heavy (non-hydrogen) atoms. The third-order valence-electron chi connectivity index (χ3n) is 5.87. The fourth-order valence-electron chi connectivity index (χ4n) is 4.23. The molecular weight excluding hydrogens is 416 g/mol. The minimum Gasteiger partial charge on any atom is -0.496 e. The molecule has 0 aliphatic heterocycles. The largest absolute Gasteiger partial charge is 0.496 e. The molecule has 1 aliphatic carbocycles. The van der Waals surface area contributed by atoms with Gasteiger partial charge in [-0.15, -0.1) is 0 Å². The minimum absolute atomic E-state index is 0.339. The number of benzene rings is 1. The Morgan fingerprint density at radius 2 is 2.09 bits per heavy atom. The molecule has 0 radical (unpaired) electrons. The van der Waals surface area contributed by atoms with E-state index < -0.39 is 0 Å². The van der Waals surface area contributed by atoms with Crippen molar-refractivity contribution in [1.82, 2.24) is 20.3 Å². The van der Waals surface area contributed by atoms with Crippen LogP contribution < -0.4 is 20.7 Å². The molecule has 1 aliphatic rings. The molecule has 5 N–H and O–H groups in total. The fourth-order valence-corrected chi connectivity index (χ4v) is 4.23. The summed E-state index contributed by atoms with van der Waals surface area (Å²) in [6, 6.07) is 8.25. The molecular formula is C24H28N8O. The van der Waals surface area contributed by atoms with Crippen LogP contribution in [0.1, 0.15) is 43.2 Å². The van der Waals surface area contributed by atoms with Gasteiger partial charge in [-0.3, -0.25) is 0 Å². The minimum atomic E-state index is 0.339. The number of allylic oxidation sites excluding steroid dienone is 1. The first-order valence-electron chi connectivity index (χ1n) is 11.1. The molecule has 0 unspecified atom stereocenters. The van der Waals surface area contributed by atoms with Crippen LogP contribution in [0, 0.1) is 16.7 Å². The van der Waals surface area contributed by atoms with Crippen molar-refractivity contribution in [2.45, 2.75) is 38.1 Å². The number of nitriles is 1. The van der Waals surface area contributed by atoms with Crippen LogP contribution in [-0.2, 0) is 0 Å². The normalized spacial score (nSPS) is 14.5. The van der Waals surface area contributed by atoms with E-state index in [1.807, 2.05) is 18.2 Å². The predicted molar refractivity (Wildman–Crippen MR) is 131 cm³/mol. The summed E-state index contributed by atoms with van der Waals surface area (Å²) >= 11 is 0. The molecule has 0 spiro atoms. The topological polar surface area (TPSA) is 135 Å². The van der Waals surface area contributed by atoms with Gasteiger partial charge in [0.05, 0.1) is 18.1 Å². The highest BCUT2D eigenvalue weighted by molar-refractivity contribution is 5.94. The summed E-state index contributed by atoms with van der Waals surface area (Å²) in [6.07, 6.45) is 10.4. The number of aromatic nitrogens is 3. The van der Waals surface area contributed by atoms with E-state index in [1.54, 1.807) is 26.4 Å². The van der Waals surface area contributed by atoms with E-state index in [4.69, 9.17) is 15.1 Å². The highest BCUT2D eigenvalue weighted by Gasteiger charge is 2.19. The summed E-state index contributed by atoms with van der Waals surface area (Å²) in [5.74, 6) is 1.74. The van der Waals surface area contributed by atoms with E-state index in [1.165, 1.54) is 25.5 Å². The first-order chi connectivity index (χ1) is 16.2. The third-order valence-corrected chi connectivity index (χ3v) is 5.87. The van der Waals surface area contributed by atoms with Crippen molar-refractivity contribution < 1.29 is 4.74 Å². The van der Waals surface area contributed by atoms with Gasteiger partial charge in [0.15, 0.2) is 0 Å². The van der Waals surface area contributed by atoms with E-state index in [0.717, 1.165) is 35.2 Å². The predicted octanol–water partition coefficient (Wildman–Crippen LogP) is 4.54. The molecule has 0 amide bonds. The molecule has 2 aromatic heterocycles. The van der Waals surface area contributed by atoms with Crippen LogP contribution in [0.3, 0.4) is 0 Å². The number of ether oxygens (including phenoxy) is 1. The number of hydrogen-bond donors (Lipinski definition) is 5. The van der Waals surface area contributed by atoms with Gasteiger partial charge in [-0.2, -0.15) is 15.2 Å². The number of anilines is 3. The first-order valence-corrected chi connectivity index (χ1v) is 11.1. The maximum absolute atomic E-state index is 9.54. The molecule has 0 bridgehead atoms. The van der Waals surface area contributed by atoms with Gasteiger partial charge in [-0.25, -0.2) is 0 Å². The van der Waals surface area contributed by atoms with Crippen molar-refractivity contribution in [3.05, 3.63) is 41.6 Å². The summed E-state index contributed by atoms with van der Waals surface area (Å²) in [7, 11) is 3.41. The van der Waals surface area contributed by atoms with Gasteiger partial charge in [-0.1, -0.05) is 19.3 Å². The molecule has 0 atom stereocenters. The quantitative estimate of drug-likeness (QED) is 0.322. The Bertz CT molecular complexity index is 1220. The van der Waals surface area contributed by atoms with Crippen LogP contribution in [0.4, 0.5) is 17.5 Å². The summed E-state index contributed by atoms with van der Waals surface area (Å²) < 4.78 is 5.57. The Labute approximate surface area is 192 Å². The van der Waals surface area contributed by atoms with Crippen molar-refractivity contribution in [3.8, 4) is 11.8 Å². The summed E-state index contributed by atoms with van der Waals surface area (Å²) in [5.41, 5.74) is 3.51. The van der Waals surface area contributed by atoms with Crippen LogP contribution in [-0.4, -0.2) is 41.4 Å². The van der Waals surface area contributed by atoms with Gasteiger partial charge in [0, 0.05) is 48.5 Å². The average molecular weight is 445 g/mol. The summed E-state index contributed by atoms with van der Waals surface area (Å²) in [6.45, 7) is 0. The zero-order valence-corrected chi connectivity index (χ0v) is 18.8. The van der Waals surface area contributed by atoms with E-state index in [0.29, 0.717) is 34.8 Å². The van der Waals surface area contributed by atoms with Crippen molar-refractivity contribution in [3.63, 3.8) is 0 Å². The number of aromatic amines is 1. The molecule has 0 saturated heterocycles. The van der Waals surface area contributed by atoms with Gasteiger partial charge in [0.25, 0.3) is 0 Å². The van der Waals surface area contributed by atoms with E-state index in [-0.39, 0.29) is 0 Å². The first kappa shape index (κ1) is 22.1. The van der Waals surface area contributed by atoms with Crippen LogP contribution in [0.15, 0.2) is 30.5 Å². The second-order valence-corrected chi connectivity index (χ2v) is 7.95. The van der Waals surface area contributed by atoms with E-state index in [9.17, 15) is 5.26 Å². The lowest BCUT2D eigenvalue weighted by Crippen LogP contribution is -2.23. The Morgan fingerprint density at radius 3 is 2.79 bits per heavy atom. The zero-order chi connectivity index (χ0) is 23.2. The number of fused-ring (bicyclic) bond motifs is 1. The molecule has 170 valence electrons. The second kappa shape index (κ2) is 10.0. The fraction of sp³-hybridized carbons (Fsp3) is 0.333. The number of nitrogens with zero attached hydrogens (tertiary/aromatic N) is 3. The maximum atomic E-state index is 9.54. The monoisotopic (exact) mass is 444 g/mol. The molecule has 1 saturated carbocycles. The zero-order valence-electron chi connectivity index (χ0n) is 18.8. The van der Waals surface area contributed by atoms with Crippen LogP contribution >= 0.6 is 0 Å². The lowest BCUT2D eigenvalue weighted by Gasteiger charge is -2.24. The summed E-state index contributed by atoms with van der Waals surface area (Å²) in [4.78, 5) is 12.4. The number of nitrogens with one attached hydrogen (secondary N) is 5. The number of hydrogen-bond acceptors (Lipinski definition) is 8. The Kier molecular flexibility index (Phi) is 6.74. The average Bonchev–Trinajstić information content (AvgIpc) is 3.26. The molecule has 9 nitrogen and oxygen atoms in total. The molecule has 2 heterocycles. The van der Waals surface area contributed by atoms with Crippen molar-refractivity contribution in [2.75, 3.05) is 24.8 Å². The van der Waals surface area contributed by atoms with E-state index >= 15 is 0 Å². The second-order valence-electron chi connectivity index (χ2n) is 7.95. The smallest absolute Gasteiger partial charge is 0.231 e. The maximum Gasteiger partial charge on any atom is 0.231 e. The summed E-state index contributed by atoms with van der Waals surface area (Å²) in [5, 5.41) is 27.5. The molecule has 4 rings (SSSR count). The van der Waals surface area contributed by atoms with Gasteiger partial charge in [0.1, 0.15) is 23.3 Å². The third kappa shape index (κ3) is 4.75. The van der Waals surface area contributed by atoms with Crippen LogP contribution in [0.25, 0.3) is 16.7 Å². The van der Waals surface area contributed by atoms with Crippen molar-refractivity contribution in [2.24, 2.45) is 0 Å². The van der Waals surface area contributed by atoms with Crippen LogP contribution in [0.2, 0.25) is 0 Å². The van der Waals surface area contributed by atoms with E-state index in [2.05, 4.69) is 32.0 Å². The number of methoxy groups -OCH3 is 1. The SMILES string of the molecule is CN/C(=C\C=N)c1ccc(Nc2nc(NC3CCCCC3)c3c(C#N)c[nH]c3n2)cc1OC. The van der Waals surface area contributed by atoms with Gasteiger partial charge >= 0.3 is 0 Å². The standard InChI is InChI=1S/C24H28N8O/c1-27-19(10-11-25)18-9-8-17(12-20(18)33-2)30-24-31-22-21(15(13-26)14-28-22)23(32-24)29-16-6-4-3-5-7-16/h8-12,14,16,25,27H,3-7H2,1-2H3,(H3,28,29,30,31,32)/b19-10-,25-11?. The van der Waals surface area contributed by atoms with Gasteiger partial charge in [-0.05, 0) is 31.1 Å². The highest BCUT2D eigenvalue weighted by atomic mass is 16.5. The molecule has 1 fully saturated rings. The Hall–Kier alpha value is -4.06. The Morgan fingerprint density at radius 1 is 1.27 bits per heavy atom. The van der Waals surface area contributed by atoms with Gasteiger partial charge in [0.2, 0.25) is 5.95 Å². The Balaban J connectivity index is 1.68. The molecule has 3 aromatic rings. The highest BCUT2D eigenvalue weighted by Crippen LogP contribution is 2.31. The van der Waals surface area contributed by atoms with Gasteiger partial charge < -0.3 is 31.1 Å². The number of rotatable bonds is 8. The lowest BCUT2D eigenvalue weighted by atomic mass is 9.95.